The van der Waals surface area contributed by atoms with E-state index in [0.29, 0.717) is 6.54 Å². The van der Waals surface area contributed by atoms with Gasteiger partial charge in [0.2, 0.25) is 15.9 Å². The number of benzene rings is 1. The van der Waals surface area contributed by atoms with Gasteiger partial charge in [-0.05, 0) is 12.1 Å². The van der Waals surface area contributed by atoms with Crippen molar-refractivity contribution in [1.82, 2.24) is 15.0 Å². The smallest absolute Gasteiger partial charge is 0.241 e. The van der Waals surface area contributed by atoms with Crippen molar-refractivity contribution in [2.45, 2.75) is 11.4 Å². The fourth-order valence-electron chi connectivity index (χ4n) is 1.42. The van der Waals surface area contributed by atoms with E-state index in [1.54, 1.807) is 29.8 Å². The van der Waals surface area contributed by atoms with Crippen LogP contribution < -0.4 is 10.0 Å². The van der Waals surface area contributed by atoms with E-state index in [4.69, 9.17) is 0 Å². The van der Waals surface area contributed by atoms with Gasteiger partial charge in [0.05, 0.1) is 18.0 Å². The molecule has 0 spiro atoms. The Hall–Kier alpha value is -1.77. The van der Waals surface area contributed by atoms with Crippen molar-refractivity contribution in [3.05, 3.63) is 46.9 Å². The van der Waals surface area contributed by atoms with Crippen molar-refractivity contribution in [2.24, 2.45) is 0 Å². The lowest BCUT2D eigenvalue weighted by Crippen LogP contribution is -2.36. The molecule has 0 aliphatic rings. The zero-order valence-corrected chi connectivity index (χ0v) is 12.1. The predicted octanol–water partition coefficient (Wildman–Crippen LogP) is 0.738. The van der Waals surface area contributed by atoms with Gasteiger partial charge < -0.3 is 5.32 Å². The van der Waals surface area contributed by atoms with Crippen LogP contribution in [0.3, 0.4) is 0 Å². The van der Waals surface area contributed by atoms with E-state index in [9.17, 15) is 13.2 Å². The Morgan fingerprint density at radius 2 is 2.00 bits per heavy atom. The number of thiazole rings is 1. The summed E-state index contributed by atoms with van der Waals surface area (Å²) in [6.07, 6.45) is 1.64. The second-order valence-corrected chi connectivity index (χ2v) is 6.59. The molecule has 0 radical (unpaired) electrons. The third-order valence-electron chi connectivity index (χ3n) is 2.40. The maximum absolute atomic E-state index is 11.9. The SMILES string of the molecule is O=C(CNS(=O)(=O)c1ccccc1)NCc1nccs1. The van der Waals surface area contributed by atoms with Crippen molar-refractivity contribution in [1.29, 1.82) is 0 Å². The fraction of sp³-hybridized carbons (Fsp3) is 0.167. The van der Waals surface area contributed by atoms with E-state index in [0.717, 1.165) is 5.01 Å². The second-order valence-electron chi connectivity index (χ2n) is 3.84. The number of rotatable bonds is 6. The first kappa shape index (κ1) is 14.6. The molecule has 1 heterocycles. The molecule has 106 valence electrons. The highest BCUT2D eigenvalue weighted by Crippen LogP contribution is 2.06. The van der Waals surface area contributed by atoms with E-state index >= 15 is 0 Å². The zero-order chi connectivity index (χ0) is 14.4. The minimum atomic E-state index is -3.65. The first-order chi connectivity index (χ1) is 9.58. The second kappa shape index (κ2) is 6.60. The summed E-state index contributed by atoms with van der Waals surface area (Å²) in [5.41, 5.74) is 0. The molecule has 0 saturated heterocycles. The molecule has 6 nitrogen and oxygen atoms in total. The summed E-state index contributed by atoms with van der Waals surface area (Å²) in [7, 11) is -3.65. The quantitative estimate of drug-likeness (QED) is 0.823. The number of sulfonamides is 1. The fourth-order valence-corrected chi connectivity index (χ4v) is 2.98. The Labute approximate surface area is 120 Å². The normalized spacial score (nSPS) is 11.2. The van der Waals surface area contributed by atoms with Crippen LogP contribution in [0, 0.1) is 0 Å². The van der Waals surface area contributed by atoms with Crippen molar-refractivity contribution >= 4 is 27.3 Å². The standard InChI is InChI=1S/C12H13N3O3S2/c16-11(14-9-12-13-6-7-19-12)8-15-20(17,18)10-4-2-1-3-5-10/h1-7,15H,8-9H2,(H,14,16). The van der Waals surface area contributed by atoms with Gasteiger partial charge in [0.1, 0.15) is 5.01 Å². The zero-order valence-electron chi connectivity index (χ0n) is 10.4. The third kappa shape index (κ3) is 4.12. The lowest BCUT2D eigenvalue weighted by molar-refractivity contribution is -0.120. The Morgan fingerprint density at radius 1 is 1.25 bits per heavy atom. The average Bonchev–Trinajstić information content (AvgIpc) is 2.97. The molecule has 2 aromatic rings. The molecular formula is C12H13N3O3S2. The molecule has 2 rings (SSSR count). The van der Waals surface area contributed by atoms with Gasteiger partial charge in [-0.25, -0.2) is 18.1 Å². The van der Waals surface area contributed by atoms with Crippen LogP contribution in [-0.4, -0.2) is 25.9 Å². The number of hydrogen-bond acceptors (Lipinski definition) is 5. The molecule has 1 amide bonds. The topological polar surface area (TPSA) is 88.2 Å². The molecule has 0 fully saturated rings. The van der Waals surface area contributed by atoms with Crippen LogP contribution in [-0.2, 0) is 21.4 Å². The van der Waals surface area contributed by atoms with Crippen LogP contribution in [0.15, 0.2) is 46.8 Å². The van der Waals surface area contributed by atoms with Gasteiger partial charge in [-0.3, -0.25) is 4.79 Å². The van der Waals surface area contributed by atoms with E-state index < -0.39 is 15.9 Å². The van der Waals surface area contributed by atoms with Gasteiger partial charge in [-0.15, -0.1) is 11.3 Å². The lowest BCUT2D eigenvalue weighted by Gasteiger charge is -2.06. The Balaban J connectivity index is 1.84. The molecule has 1 aromatic heterocycles. The Kier molecular flexibility index (Phi) is 4.83. The number of carbonyl (C=O) groups excluding carboxylic acids is 1. The summed E-state index contributed by atoms with van der Waals surface area (Å²) in [6.45, 7) is -0.00777. The maximum atomic E-state index is 11.9. The Morgan fingerprint density at radius 3 is 2.65 bits per heavy atom. The highest BCUT2D eigenvalue weighted by atomic mass is 32.2. The predicted molar refractivity (Wildman–Crippen MR) is 75.6 cm³/mol. The van der Waals surface area contributed by atoms with Crippen molar-refractivity contribution in [2.75, 3.05) is 6.54 Å². The number of carbonyl (C=O) groups is 1. The minimum absolute atomic E-state index is 0.132. The number of aromatic nitrogens is 1. The molecular weight excluding hydrogens is 298 g/mol. The summed E-state index contributed by atoms with van der Waals surface area (Å²) in [5, 5.41) is 5.16. The van der Waals surface area contributed by atoms with Gasteiger partial charge in [-0.2, -0.15) is 0 Å². The maximum Gasteiger partial charge on any atom is 0.241 e. The number of nitrogens with zero attached hydrogens (tertiary/aromatic N) is 1. The van der Waals surface area contributed by atoms with Crippen LogP contribution in [0.2, 0.25) is 0 Å². The van der Waals surface area contributed by atoms with E-state index in [1.807, 2.05) is 0 Å². The first-order valence-corrected chi connectivity index (χ1v) is 8.14. The Bertz CT molecular complexity index is 655. The highest BCUT2D eigenvalue weighted by Gasteiger charge is 2.14. The molecule has 0 atom stereocenters. The molecule has 1 aromatic carbocycles. The molecule has 0 aliphatic heterocycles. The molecule has 0 unspecified atom stereocenters. The van der Waals surface area contributed by atoms with Crippen LogP contribution in [0.1, 0.15) is 5.01 Å². The van der Waals surface area contributed by atoms with Gasteiger partial charge >= 0.3 is 0 Å². The van der Waals surface area contributed by atoms with Gasteiger partial charge in [0.25, 0.3) is 0 Å². The summed E-state index contributed by atoms with van der Waals surface area (Å²) in [5.74, 6) is -0.403. The average molecular weight is 311 g/mol. The van der Waals surface area contributed by atoms with Gasteiger partial charge in [0.15, 0.2) is 0 Å². The summed E-state index contributed by atoms with van der Waals surface area (Å²) >= 11 is 1.42. The highest BCUT2D eigenvalue weighted by molar-refractivity contribution is 7.89. The monoisotopic (exact) mass is 311 g/mol. The lowest BCUT2D eigenvalue weighted by atomic mass is 10.4. The third-order valence-corrected chi connectivity index (χ3v) is 4.59. The van der Waals surface area contributed by atoms with E-state index in [2.05, 4.69) is 15.0 Å². The van der Waals surface area contributed by atoms with Crippen molar-refractivity contribution in [3.8, 4) is 0 Å². The van der Waals surface area contributed by atoms with Crippen LogP contribution in [0.5, 0.6) is 0 Å². The van der Waals surface area contributed by atoms with Gasteiger partial charge in [0, 0.05) is 11.6 Å². The molecule has 20 heavy (non-hydrogen) atoms. The van der Waals surface area contributed by atoms with Crippen LogP contribution in [0.25, 0.3) is 0 Å². The number of hydrogen-bond donors (Lipinski definition) is 2. The van der Waals surface area contributed by atoms with E-state index in [1.165, 1.54) is 23.5 Å². The molecule has 0 saturated carbocycles. The van der Waals surface area contributed by atoms with Gasteiger partial charge in [-0.1, -0.05) is 18.2 Å². The first-order valence-electron chi connectivity index (χ1n) is 5.78. The minimum Gasteiger partial charge on any atom is -0.348 e. The van der Waals surface area contributed by atoms with Crippen LogP contribution >= 0.6 is 11.3 Å². The molecule has 0 aliphatic carbocycles. The summed E-state index contributed by atoms with van der Waals surface area (Å²) < 4.78 is 26.0. The van der Waals surface area contributed by atoms with Crippen LogP contribution in [0.4, 0.5) is 0 Å². The number of nitrogens with one attached hydrogen (secondary N) is 2. The summed E-state index contributed by atoms with van der Waals surface area (Å²) in [4.78, 5) is 15.7. The van der Waals surface area contributed by atoms with E-state index in [-0.39, 0.29) is 11.4 Å². The molecule has 8 heteroatoms. The summed E-state index contributed by atoms with van der Waals surface area (Å²) in [6, 6.07) is 7.90. The van der Waals surface area contributed by atoms with Crippen molar-refractivity contribution < 1.29 is 13.2 Å². The molecule has 0 bridgehead atoms. The number of amides is 1. The largest absolute Gasteiger partial charge is 0.348 e. The van der Waals surface area contributed by atoms with Crippen molar-refractivity contribution in [3.63, 3.8) is 0 Å². The molecule has 2 N–H and O–H groups in total.